The van der Waals surface area contributed by atoms with Gasteiger partial charge < -0.3 is 0 Å². The average molecular weight is 303 g/mol. The lowest BCUT2D eigenvalue weighted by molar-refractivity contribution is -0.384. The summed E-state index contributed by atoms with van der Waals surface area (Å²) in [6.45, 7) is 0. The predicted octanol–water partition coefficient (Wildman–Crippen LogP) is 4.45. The van der Waals surface area contributed by atoms with Crippen LogP contribution in [0.15, 0.2) is 42.5 Å². The van der Waals surface area contributed by atoms with Crippen molar-refractivity contribution in [2.24, 2.45) is 0 Å². The molecule has 21 heavy (non-hydrogen) atoms. The maximum Gasteiger partial charge on any atom is 0.270 e. The van der Waals surface area contributed by atoms with Crippen LogP contribution in [0.5, 0.6) is 0 Å². The summed E-state index contributed by atoms with van der Waals surface area (Å²) >= 11 is 5.90. The fourth-order valence-corrected chi connectivity index (χ4v) is 1.98. The van der Waals surface area contributed by atoms with E-state index in [2.05, 4.69) is 0 Å². The fourth-order valence-electron chi connectivity index (χ4n) is 1.76. The number of hydrogen-bond donors (Lipinski definition) is 0. The Kier molecular flexibility index (Phi) is 4.31. The molecule has 0 saturated heterocycles. The second-order valence-electron chi connectivity index (χ2n) is 4.11. The van der Waals surface area contributed by atoms with Gasteiger partial charge in [-0.2, -0.15) is 5.26 Å². The molecular formula is C15H8ClFN2O2. The minimum absolute atomic E-state index is 0.0715. The Hall–Kier alpha value is -2.71. The van der Waals surface area contributed by atoms with E-state index in [-0.39, 0.29) is 21.8 Å². The average Bonchev–Trinajstić information content (AvgIpc) is 2.47. The van der Waals surface area contributed by atoms with Gasteiger partial charge in [-0.05, 0) is 23.8 Å². The molecule has 0 aliphatic rings. The lowest BCUT2D eigenvalue weighted by atomic mass is 10.0. The molecule has 0 heterocycles. The van der Waals surface area contributed by atoms with Crippen LogP contribution in [-0.2, 0) is 0 Å². The van der Waals surface area contributed by atoms with Crippen LogP contribution in [0.2, 0.25) is 5.02 Å². The van der Waals surface area contributed by atoms with Crippen LogP contribution in [0, 0.1) is 27.3 Å². The Labute approximate surface area is 124 Å². The molecule has 0 saturated carbocycles. The standard InChI is InChI=1S/C15H8ClFN2O2/c16-14-5-2-6-15(17)13(14)8-11(9-18)10-3-1-4-12(7-10)19(20)21/h1-8H. The highest BCUT2D eigenvalue weighted by Crippen LogP contribution is 2.26. The monoisotopic (exact) mass is 302 g/mol. The van der Waals surface area contributed by atoms with E-state index in [0.29, 0.717) is 5.56 Å². The van der Waals surface area contributed by atoms with E-state index in [1.807, 2.05) is 6.07 Å². The van der Waals surface area contributed by atoms with E-state index in [1.165, 1.54) is 48.5 Å². The van der Waals surface area contributed by atoms with Gasteiger partial charge in [0.15, 0.2) is 0 Å². The van der Waals surface area contributed by atoms with Gasteiger partial charge in [0.05, 0.1) is 21.6 Å². The first-order valence-electron chi connectivity index (χ1n) is 5.83. The lowest BCUT2D eigenvalue weighted by Crippen LogP contribution is -1.90. The first kappa shape index (κ1) is 14.7. The number of halogens is 2. The van der Waals surface area contributed by atoms with Crippen LogP contribution >= 0.6 is 11.6 Å². The van der Waals surface area contributed by atoms with E-state index in [0.717, 1.165) is 0 Å². The van der Waals surface area contributed by atoms with Crippen LogP contribution < -0.4 is 0 Å². The van der Waals surface area contributed by atoms with E-state index >= 15 is 0 Å². The van der Waals surface area contributed by atoms with E-state index in [1.54, 1.807) is 0 Å². The van der Waals surface area contributed by atoms with Crippen molar-refractivity contribution < 1.29 is 9.31 Å². The van der Waals surface area contributed by atoms with Crippen LogP contribution in [0.25, 0.3) is 11.6 Å². The predicted molar refractivity (Wildman–Crippen MR) is 78.0 cm³/mol. The molecule has 0 aliphatic carbocycles. The zero-order valence-corrected chi connectivity index (χ0v) is 11.3. The van der Waals surface area contributed by atoms with Crippen LogP contribution in [-0.4, -0.2) is 4.92 Å². The summed E-state index contributed by atoms with van der Waals surface area (Å²) in [4.78, 5) is 10.2. The molecule has 0 N–H and O–H groups in total. The number of rotatable bonds is 3. The lowest BCUT2D eigenvalue weighted by Gasteiger charge is -2.03. The zero-order valence-electron chi connectivity index (χ0n) is 10.6. The van der Waals surface area contributed by atoms with Crippen molar-refractivity contribution in [3.63, 3.8) is 0 Å². The fraction of sp³-hybridized carbons (Fsp3) is 0. The Morgan fingerprint density at radius 3 is 2.67 bits per heavy atom. The molecule has 4 nitrogen and oxygen atoms in total. The van der Waals surface area contributed by atoms with Crippen molar-refractivity contribution in [2.75, 3.05) is 0 Å². The van der Waals surface area contributed by atoms with Crippen molar-refractivity contribution in [2.45, 2.75) is 0 Å². The molecule has 104 valence electrons. The molecule has 0 atom stereocenters. The summed E-state index contributed by atoms with van der Waals surface area (Å²) in [5.74, 6) is -0.569. The summed E-state index contributed by atoms with van der Waals surface area (Å²) in [5, 5.41) is 20.1. The molecule has 0 spiro atoms. The van der Waals surface area contributed by atoms with Crippen LogP contribution in [0.4, 0.5) is 10.1 Å². The summed E-state index contributed by atoms with van der Waals surface area (Å²) in [6, 6.07) is 11.6. The van der Waals surface area contributed by atoms with Crippen molar-refractivity contribution in [1.82, 2.24) is 0 Å². The SMILES string of the molecule is N#CC(=Cc1c(F)cccc1Cl)c1cccc([N+](=O)[O-])c1. The van der Waals surface area contributed by atoms with Gasteiger partial charge in [0.25, 0.3) is 5.69 Å². The van der Waals surface area contributed by atoms with Crippen LogP contribution in [0.3, 0.4) is 0 Å². The first-order valence-corrected chi connectivity index (χ1v) is 6.21. The largest absolute Gasteiger partial charge is 0.270 e. The Morgan fingerprint density at radius 2 is 2.05 bits per heavy atom. The second kappa shape index (κ2) is 6.16. The smallest absolute Gasteiger partial charge is 0.258 e. The molecule has 0 fully saturated rings. The molecule has 0 amide bonds. The number of allylic oxidation sites excluding steroid dienone is 1. The third-order valence-electron chi connectivity index (χ3n) is 2.78. The number of benzene rings is 2. The normalized spacial score (nSPS) is 11.0. The van der Waals surface area contributed by atoms with E-state index in [4.69, 9.17) is 11.6 Å². The third kappa shape index (κ3) is 3.25. The third-order valence-corrected chi connectivity index (χ3v) is 3.11. The van der Waals surface area contributed by atoms with Gasteiger partial charge in [-0.1, -0.05) is 29.8 Å². The molecule has 0 unspecified atom stereocenters. The summed E-state index contributed by atoms with van der Waals surface area (Å²) in [5.41, 5.74) is 0.340. The molecule has 0 aromatic heterocycles. The summed E-state index contributed by atoms with van der Waals surface area (Å²) in [6.07, 6.45) is 1.27. The molecule has 2 aromatic rings. The quantitative estimate of drug-likeness (QED) is 0.364. The molecule has 6 heteroatoms. The zero-order chi connectivity index (χ0) is 15.4. The molecule has 0 bridgehead atoms. The van der Waals surface area contributed by atoms with Crippen molar-refractivity contribution in [3.05, 3.63) is 74.5 Å². The van der Waals surface area contributed by atoms with Gasteiger partial charge in [-0.15, -0.1) is 0 Å². The van der Waals surface area contributed by atoms with E-state index in [9.17, 15) is 19.8 Å². The van der Waals surface area contributed by atoms with Crippen molar-refractivity contribution in [1.29, 1.82) is 5.26 Å². The van der Waals surface area contributed by atoms with Gasteiger partial charge in [-0.3, -0.25) is 10.1 Å². The van der Waals surface area contributed by atoms with Gasteiger partial charge >= 0.3 is 0 Å². The first-order chi connectivity index (χ1) is 10.0. The van der Waals surface area contributed by atoms with Crippen molar-refractivity contribution >= 4 is 28.9 Å². The van der Waals surface area contributed by atoms with Gasteiger partial charge in [0.2, 0.25) is 0 Å². The number of nitro groups is 1. The molecule has 0 aliphatic heterocycles. The number of nitrogens with zero attached hydrogens (tertiary/aromatic N) is 2. The number of non-ortho nitro benzene ring substituents is 1. The van der Waals surface area contributed by atoms with Gasteiger partial charge in [-0.25, -0.2) is 4.39 Å². The highest BCUT2D eigenvalue weighted by Gasteiger charge is 2.11. The molecule has 2 aromatic carbocycles. The van der Waals surface area contributed by atoms with E-state index < -0.39 is 10.7 Å². The summed E-state index contributed by atoms with van der Waals surface area (Å²) in [7, 11) is 0. The Balaban J connectivity index is 2.55. The molecule has 0 radical (unpaired) electrons. The number of nitro benzene ring substituents is 1. The van der Waals surface area contributed by atoms with Crippen molar-refractivity contribution in [3.8, 4) is 6.07 Å². The topological polar surface area (TPSA) is 66.9 Å². The second-order valence-corrected chi connectivity index (χ2v) is 4.52. The van der Waals surface area contributed by atoms with Crippen LogP contribution in [0.1, 0.15) is 11.1 Å². The van der Waals surface area contributed by atoms with Gasteiger partial charge in [0, 0.05) is 17.7 Å². The minimum Gasteiger partial charge on any atom is -0.258 e. The maximum absolute atomic E-state index is 13.7. The maximum atomic E-state index is 13.7. The minimum atomic E-state index is -0.569. The summed E-state index contributed by atoms with van der Waals surface area (Å²) < 4.78 is 13.7. The highest BCUT2D eigenvalue weighted by molar-refractivity contribution is 6.32. The Morgan fingerprint density at radius 1 is 1.33 bits per heavy atom. The Bertz CT molecular complexity index is 761. The number of hydrogen-bond acceptors (Lipinski definition) is 3. The number of nitriles is 1. The van der Waals surface area contributed by atoms with Gasteiger partial charge in [0.1, 0.15) is 5.82 Å². The highest BCUT2D eigenvalue weighted by atomic mass is 35.5. The molecular weight excluding hydrogens is 295 g/mol. The molecule has 2 rings (SSSR count).